The summed E-state index contributed by atoms with van der Waals surface area (Å²) in [7, 11) is 0. The number of benzene rings is 2. The maximum atomic E-state index is 13.7. The fourth-order valence-electron chi connectivity index (χ4n) is 3.84. The topological polar surface area (TPSA) is 90.1 Å². The van der Waals surface area contributed by atoms with Gasteiger partial charge in [-0.2, -0.15) is 0 Å². The molecule has 1 aliphatic rings. The molecule has 2 aromatic carbocycles. The fourth-order valence-corrected chi connectivity index (χ4v) is 6.70. The number of halogens is 2. The highest BCUT2D eigenvalue weighted by atomic mass is 127. The van der Waals surface area contributed by atoms with Gasteiger partial charge in [0.2, 0.25) is 0 Å². The monoisotopic (exact) mass is 716 g/mol. The van der Waals surface area contributed by atoms with E-state index in [1.54, 1.807) is 24.5 Å². The molecule has 0 unspecified atom stereocenters. The van der Waals surface area contributed by atoms with Crippen LogP contribution in [0.2, 0.25) is 0 Å². The zero-order valence-electron chi connectivity index (χ0n) is 19.2. The first-order valence-electron chi connectivity index (χ1n) is 10.9. The number of allylic oxidation sites excluding steroid dienone is 1. The normalized spacial score (nSPS) is 15.6. The van der Waals surface area contributed by atoms with E-state index in [0.717, 1.165) is 11.1 Å². The lowest BCUT2D eigenvalue weighted by Gasteiger charge is -2.24. The molecule has 1 N–H and O–H groups in total. The van der Waals surface area contributed by atoms with Crippen LogP contribution in [0, 0.1) is 7.14 Å². The number of carbonyl (C=O) groups is 1. The molecule has 4 rings (SSSR count). The van der Waals surface area contributed by atoms with E-state index in [0.29, 0.717) is 40.1 Å². The van der Waals surface area contributed by atoms with Crippen molar-refractivity contribution in [3.05, 3.63) is 85.6 Å². The number of ether oxygens (including phenoxy) is 2. The zero-order valence-corrected chi connectivity index (χ0v) is 24.3. The molecule has 0 spiro atoms. The number of aromatic nitrogens is 1. The van der Waals surface area contributed by atoms with E-state index in [9.17, 15) is 14.7 Å². The molecule has 3 aromatic rings. The number of carbonyl (C=O) groups excluding carboxylic acids is 1. The number of aromatic hydroxyl groups is 1. The summed E-state index contributed by atoms with van der Waals surface area (Å²) in [5.41, 5.74) is 2.15. The molecule has 1 aliphatic heterocycles. The standard InChI is InChI=1S/C25H22I2N2O5S/c1-4-33-16-8-6-15(7-9-16)21-20(24(32)34-5-2)13(3)28-25-29(21)23(31)19(35-25)12-14-10-17(26)22(30)18(27)11-14/h6-12,21,30H,4-5H2,1-3H3/b19-12-/t21-/m0/s1. The number of esters is 1. The lowest BCUT2D eigenvalue weighted by atomic mass is 9.96. The summed E-state index contributed by atoms with van der Waals surface area (Å²) in [6.45, 7) is 6.17. The first-order chi connectivity index (χ1) is 16.7. The average Bonchev–Trinajstić information content (AvgIpc) is 3.11. The number of hydrogen-bond acceptors (Lipinski definition) is 7. The summed E-state index contributed by atoms with van der Waals surface area (Å²) < 4.78 is 14.3. The number of thiazole rings is 1. The summed E-state index contributed by atoms with van der Waals surface area (Å²) in [4.78, 5) is 31.8. The zero-order chi connectivity index (χ0) is 25.3. The molecule has 1 atom stereocenters. The predicted molar refractivity (Wildman–Crippen MR) is 152 cm³/mol. The maximum Gasteiger partial charge on any atom is 0.338 e. The molecule has 182 valence electrons. The number of nitrogens with zero attached hydrogens (tertiary/aromatic N) is 2. The van der Waals surface area contributed by atoms with Gasteiger partial charge in [0.15, 0.2) is 4.80 Å². The Balaban J connectivity index is 1.92. The third-order valence-electron chi connectivity index (χ3n) is 5.36. The molecule has 0 aliphatic carbocycles. The Labute approximate surface area is 233 Å². The van der Waals surface area contributed by atoms with E-state index in [4.69, 9.17) is 9.47 Å². The van der Waals surface area contributed by atoms with Crippen LogP contribution in [0.25, 0.3) is 6.08 Å². The van der Waals surface area contributed by atoms with Gasteiger partial charge in [0.05, 0.1) is 42.2 Å². The van der Waals surface area contributed by atoms with Crippen LogP contribution >= 0.6 is 56.5 Å². The Kier molecular flexibility index (Phi) is 8.01. The molecule has 10 heteroatoms. The van der Waals surface area contributed by atoms with Crippen molar-refractivity contribution in [3.8, 4) is 11.5 Å². The molecule has 7 nitrogen and oxygen atoms in total. The first-order valence-corrected chi connectivity index (χ1v) is 13.8. The van der Waals surface area contributed by atoms with Gasteiger partial charge in [-0.1, -0.05) is 23.5 Å². The van der Waals surface area contributed by atoms with Crippen molar-refractivity contribution >= 4 is 68.6 Å². The molecule has 35 heavy (non-hydrogen) atoms. The van der Waals surface area contributed by atoms with Crippen LogP contribution in [0.15, 0.2) is 57.5 Å². The van der Waals surface area contributed by atoms with Gasteiger partial charge < -0.3 is 14.6 Å². The quantitative estimate of drug-likeness (QED) is 0.307. The number of rotatable bonds is 6. The van der Waals surface area contributed by atoms with Gasteiger partial charge in [-0.3, -0.25) is 9.36 Å². The summed E-state index contributed by atoms with van der Waals surface area (Å²) in [6, 6.07) is 10.3. The Bertz CT molecular complexity index is 1480. The number of phenolic OH excluding ortho intramolecular Hbond substituents is 1. The molecular weight excluding hydrogens is 694 g/mol. The van der Waals surface area contributed by atoms with Crippen molar-refractivity contribution in [2.45, 2.75) is 26.8 Å². The molecule has 1 aromatic heterocycles. The van der Waals surface area contributed by atoms with Crippen molar-refractivity contribution in [1.29, 1.82) is 0 Å². The molecule has 0 bridgehead atoms. The highest BCUT2D eigenvalue weighted by Crippen LogP contribution is 2.32. The second-order valence-corrected chi connectivity index (χ2v) is 11.0. The highest BCUT2D eigenvalue weighted by Gasteiger charge is 2.33. The van der Waals surface area contributed by atoms with E-state index < -0.39 is 12.0 Å². The number of fused-ring (bicyclic) bond motifs is 1. The van der Waals surface area contributed by atoms with Crippen LogP contribution in [-0.2, 0) is 9.53 Å². The summed E-state index contributed by atoms with van der Waals surface area (Å²) in [5.74, 6) is 0.429. The smallest absolute Gasteiger partial charge is 0.338 e. The van der Waals surface area contributed by atoms with Crippen molar-refractivity contribution in [3.63, 3.8) is 0 Å². The largest absolute Gasteiger partial charge is 0.506 e. The van der Waals surface area contributed by atoms with Crippen molar-refractivity contribution < 1.29 is 19.4 Å². The second kappa shape index (κ2) is 10.8. The Morgan fingerprint density at radius 1 is 1.17 bits per heavy atom. The Morgan fingerprint density at radius 3 is 2.43 bits per heavy atom. The average molecular weight is 716 g/mol. The summed E-state index contributed by atoms with van der Waals surface area (Å²) in [5, 5.41) is 10.1. The lowest BCUT2D eigenvalue weighted by molar-refractivity contribution is -0.139. The molecule has 0 radical (unpaired) electrons. The van der Waals surface area contributed by atoms with Gasteiger partial charge in [-0.15, -0.1) is 0 Å². The second-order valence-electron chi connectivity index (χ2n) is 7.64. The minimum absolute atomic E-state index is 0.216. The predicted octanol–water partition coefficient (Wildman–Crippen LogP) is 4.11. The van der Waals surface area contributed by atoms with Gasteiger partial charge in [0.1, 0.15) is 11.5 Å². The van der Waals surface area contributed by atoms with Gasteiger partial charge in [-0.05, 0) is 107 Å². The van der Waals surface area contributed by atoms with Gasteiger partial charge in [0.25, 0.3) is 5.56 Å². The fraction of sp³-hybridized carbons (Fsp3) is 0.240. The molecule has 0 saturated carbocycles. The van der Waals surface area contributed by atoms with Crippen LogP contribution < -0.4 is 19.6 Å². The summed E-state index contributed by atoms with van der Waals surface area (Å²) in [6.07, 6.45) is 1.78. The van der Waals surface area contributed by atoms with E-state index in [1.807, 2.05) is 43.3 Å². The Hall–Kier alpha value is -2.19. The van der Waals surface area contributed by atoms with Crippen molar-refractivity contribution in [2.75, 3.05) is 13.2 Å². The van der Waals surface area contributed by atoms with E-state index in [-0.39, 0.29) is 17.9 Å². The van der Waals surface area contributed by atoms with Crippen LogP contribution in [0.5, 0.6) is 11.5 Å². The number of phenols is 1. The van der Waals surface area contributed by atoms with E-state index in [1.165, 1.54) is 11.3 Å². The van der Waals surface area contributed by atoms with E-state index in [2.05, 4.69) is 50.2 Å². The van der Waals surface area contributed by atoms with Gasteiger partial charge in [-0.25, -0.2) is 9.79 Å². The first kappa shape index (κ1) is 25.9. The molecule has 0 amide bonds. The van der Waals surface area contributed by atoms with Crippen LogP contribution in [0.4, 0.5) is 0 Å². The van der Waals surface area contributed by atoms with E-state index >= 15 is 0 Å². The van der Waals surface area contributed by atoms with Crippen LogP contribution in [-0.4, -0.2) is 28.9 Å². The lowest BCUT2D eigenvalue weighted by Crippen LogP contribution is -2.39. The maximum absolute atomic E-state index is 13.7. The SMILES string of the molecule is CCOC(=O)C1=C(C)N=c2s/c(=C\c3cc(I)c(O)c(I)c3)c(=O)n2[C@H]1c1ccc(OCC)cc1. The third-order valence-corrected chi connectivity index (χ3v) is 7.99. The Morgan fingerprint density at radius 2 is 1.83 bits per heavy atom. The van der Waals surface area contributed by atoms with Crippen LogP contribution in [0.1, 0.15) is 37.9 Å². The third kappa shape index (κ3) is 5.19. The number of hydrogen-bond donors (Lipinski definition) is 1. The van der Waals surface area contributed by atoms with Gasteiger partial charge in [0, 0.05) is 0 Å². The minimum Gasteiger partial charge on any atom is -0.506 e. The summed E-state index contributed by atoms with van der Waals surface area (Å²) >= 11 is 5.39. The molecule has 2 heterocycles. The van der Waals surface area contributed by atoms with Crippen molar-refractivity contribution in [2.24, 2.45) is 4.99 Å². The highest BCUT2D eigenvalue weighted by molar-refractivity contribution is 14.1. The van der Waals surface area contributed by atoms with Crippen LogP contribution in [0.3, 0.4) is 0 Å². The molecule has 0 fully saturated rings. The molecule has 0 saturated heterocycles. The van der Waals surface area contributed by atoms with Crippen molar-refractivity contribution in [1.82, 2.24) is 4.57 Å². The molecular formula is C25H22I2N2O5S. The van der Waals surface area contributed by atoms with Gasteiger partial charge >= 0.3 is 5.97 Å². The minimum atomic E-state index is -0.678.